The Bertz CT molecular complexity index is 927. The number of carbonyl (C=O) groups is 3. The van der Waals surface area contributed by atoms with Crippen LogP contribution in [0.2, 0.25) is 0 Å². The van der Waals surface area contributed by atoms with E-state index in [2.05, 4.69) is 5.32 Å². The lowest BCUT2D eigenvalue weighted by Crippen LogP contribution is -2.47. The predicted molar refractivity (Wildman–Crippen MR) is 113 cm³/mol. The summed E-state index contributed by atoms with van der Waals surface area (Å²) in [5, 5.41) is 2.81. The van der Waals surface area contributed by atoms with Gasteiger partial charge in [-0.1, -0.05) is 60.7 Å². The van der Waals surface area contributed by atoms with E-state index in [0.29, 0.717) is 19.5 Å². The predicted octanol–water partition coefficient (Wildman–Crippen LogP) is 2.98. The van der Waals surface area contributed by atoms with Gasteiger partial charge < -0.3 is 10.2 Å². The molecule has 4 amide bonds. The summed E-state index contributed by atoms with van der Waals surface area (Å²) in [5.74, 6) is -0.336. The van der Waals surface area contributed by atoms with Crippen molar-refractivity contribution in [3.05, 3.63) is 71.8 Å². The average molecular weight is 405 g/mol. The Morgan fingerprint density at radius 1 is 1.03 bits per heavy atom. The zero-order chi connectivity index (χ0) is 21.1. The summed E-state index contributed by atoms with van der Waals surface area (Å²) in [6, 6.07) is 19.3. The smallest absolute Gasteiger partial charge is 0.325 e. The molecule has 2 aromatic carbocycles. The van der Waals surface area contributed by atoms with Crippen LogP contribution >= 0.6 is 0 Å². The lowest BCUT2D eigenvalue weighted by molar-refractivity contribution is -0.139. The first kappa shape index (κ1) is 20.1. The zero-order valence-electron chi connectivity index (χ0n) is 17.2. The van der Waals surface area contributed by atoms with Gasteiger partial charge in [0.15, 0.2) is 0 Å². The van der Waals surface area contributed by atoms with Crippen LogP contribution in [-0.4, -0.2) is 46.3 Å². The van der Waals surface area contributed by atoms with Crippen molar-refractivity contribution in [1.29, 1.82) is 0 Å². The molecule has 0 bridgehead atoms. The summed E-state index contributed by atoms with van der Waals surface area (Å²) in [5.41, 5.74) is 1.28. The van der Waals surface area contributed by atoms with E-state index in [-0.39, 0.29) is 24.3 Å². The van der Waals surface area contributed by atoms with Crippen LogP contribution in [0.5, 0.6) is 0 Å². The van der Waals surface area contributed by atoms with Crippen molar-refractivity contribution >= 4 is 17.8 Å². The molecule has 2 aliphatic rings. The standard InChI is InChI=1S/C24H27N3O3/c1-24(20-12-13-20)22(29)27(23(30)25-24)17-21(28)26(16-19-10-6-3-7-11-19)15-14-18-8-4-2-5-9-18/h2-11,20H,12-17H2,1H3,(H,25,30)/t24-/m0/s1. The highest BCUT2D eigenvalue weighted by molar-refractivity contribution is 6.09. The third kappa shape index (κ3) is 4.22. The summed E-state index contributed by atoms with van der Waals surface area (Å²) in [6.07, 6.45) is 2.57. The molecular weight excluding hydrogens is 378 g/mol. The Hall–Kier alpha value is -3.15. The molecule has 1 N–H and O–H groups in total. The lowest BCUT2D eigenvalue weighted by Gasteiger charge is -2.25. The largest absolute Gasteiger partial charge is 0.336 e. The molecule has 1 aliphatic carbocycles. The van der Waals surface area contributed by atoms with Gasteiger partial charge >= 0.3 is 6.03 Å². The Labute approximate surface area is 176 Å². The molecular formula is C24H27N3O3. The number of carbonyl (C=O) groups excluding carboxylic acids is 3. The zero-order valence-corrected chi connectivity index (χ0v) is 17.2. The Morgan fingerprint density at radius 3 is 2.23 bits per heavy atom. The van der Waals surface area contributed by atoms with Gasteiger partial charge in [-0.2, -0.15) is 0 Å². The summed E-state index contributed by atoms with van der Waals surface area (Å²) in [4.78, 5) is 41.3. The van der Waals surface area contributed by atoms with Gasteiger partial charge in [0, 0.05) is 13.1 Å². The Balaban J connectivity index is 1.47. The molecule has 1 aliphatic heterocycles. The fourth-order valence-electron chi connectivity index (χ4n) is 4.04. The fraction of sp³-hybridized carbons (Fsp3) is 0.375. The van der Waals surface area contributed by atoms with Crippen molar-refractivity contribution in [3.8, 4) is 0 Å². The summed E-state index contributed by atoms with van der Waals surface area (Å²) < 4.78 is 0. The number of hydrogen-bond acceptors (Lipinski definition) is 3. The molecule has 4 rings (SSSR count). The van der Waals surface area contributed by atoms with Crippen LogP contribution < -0.4 is 5.32 Å². The molecule has 0 radical (unpaired) electrons. The average Bonchev–Trinajstić information content (AvgIpc) is 3.58. The van der Waals surface area contributed by atoms with Crippen LogP contribution in [0.15, 0.2) is 60.7 Å². The highest BCUT2D eigenvalue weighted by Gasteiger charge is 2.56. The van der Waals surface area contributed by atoms with Gasteiger partial charge in [-0.3, -0.25) is 14.5 Å². The monoisotopic (exact) mass is 405 g/mol. The Morgan fingerprint density at radius 2 is 1.63 bits per heavy atom. The van der Waals surface area contributed by atoms with Crippen LogP contribution in [0.4, 0.5) is 4.79 Å². The van der Waals surface area contributed by atoms with Crippen molar-refractivity contribution in [1.82, 2.24) is 15.1 Å². The van der Waals surface area contributed by atoms with Crippen LogP contribution in [0.25, 0.3) is 0 Å². The minimum atomic E-state index is -0.869. The van der Waals surface area contributed by atoms with Gasteiger partial charge in [0.05, 0.1) is 0 Å². The molecule has 1 heterocycles. The van der Waals surface area contributed by atoms with Gasteiger partial charge in [0.25, 0.3) is 5.91 Å². The molecule has 6 heteroatoms. The van der Waals surface area contributed by atoms with Gasteiger partial charge in [0.2, 0.25) is 5.91 Å². The quantitative estimate of drug-likeness (QED) is 0.687. The number of imide groups is 1. The molecule has 0 unspecified atom stereocenters. The number of rotatable bonds is 8. The third-order valence-corrected chi connectivity index (χ3v) is 6.07. The highest BCUT2D eigenvalue weighted by atomic mass is 16.2. The maximum Gasteiger partial charge on any atom is 0.325 e. The van der Waals surface area contributed by atoms with Gasteiger partial charge in [-0.15, -0.1) is 0 Å². The van der Waals surface area contributed by atoms with Crippen LogP contribution in [-0.2, 0) is 22.6 Å². The molecule has 2 fully saturated rings. The van der Waals surface area contributed by atoms with Crippen LogP contribution in [0.3, 0.4) is 0 Å². The summed E-state index contributed by atoms with van der Waals surface area (Å²) >= 11 is 0. The fourth-order valence-corrected chi connectivity index (χ4v) is 4.04. The van der Waals surface area contributed by atoms with E-state index in [4.69, 9.17) is 0 Å². The number of hydrogen-bond donors (Lipinski definition) is 1. The number of nitrogens with zero attached hydrogens (tertiary/aromatic N) is 2. The minimum absolute atomic E-state index is 0.174. The van der Waals surface area contributed by atoms with E-state index in [1.807, 2.05) is 60.7 Å². The van der Waals surface area contributed by atoms with E-state index in [1.165, 1.54) is 0 Å². The topological polar surface area (TPSA) is 69.7 Å². The lowest BCUT2D eigenvalue weighted by atomic mass is 9.96. The molecule has 6 nitrogen and oxygen atoms in total. The molecule has 0 aromatic heterocycles. The summed E-state index contributed by atoms with van der Waals surface area (Å²) in [7, 11) is 0. The van der Waals surface area contributed by atoms with Crippen LogP contribution in [0.1, 0.15) is 30.9 Å². The maximum atomic E-state index is 13.2. The molecule has 1 atom stereocenters. The first-order valence-electron chi connectivity index (χ1n) is 10.5. The molecule has 0 spiro atoms. The van der Waals surface area contributed by atoms with E-state index < -0.39 is 11.6 Å². The van der Waals surface area contributed by atoms with E-state index >= 15 is 0 Å². The Kier molecular flexibility index (Phi) is 5.57. The maximum absolute atomic E-state index is 13.2. The van der Waals surface area contributed by atoms with Crippen molar-refractivity contribution in [2.45, 2.75) is 38.3 Å². The van der Waals surface area contributed by atoms with Crippen molar-refractivity contribution in [2.24, 2.45) is 5.92 Å². The molecule has 156 valence electrons. The highest BCUT2D eigenvalue weighted by Crippen LogP contribution is 2.42. The minimum Gasteiger partial charge on any atom is -0.336 e. The van der Waals surface area contributed by atoms with E-state index in [0.717, 1.165) is 28.9 Å². The first-order chi connectivity index (χ1) is 14.5. The second-order valence-electron chi connectivity index (χ2n) is 8.33. The number of benzene rings is 2. The normalized spacial score (nSPS) is 20.9. The van der Waals surface area contributed by atoms with Crippen molar-refractivity contribution < 1.29 is 14.4 Å². The van der Waals surface area contributed by atoms with Crippen LogP contribution in [0, 0.1) is 5.92 Å². The molecule has 1 saturated heterocycles. The number of urea groups is 1. The molecule has 2 aromatic rings. The first-order valence-corrected chi connectivity index (χ1v) is 10.5. The molecule has 30 heavy (non-hydrogen) atoms. The number of amides is 4. The number of nitrogens with one attached hydrogen (secondary N) is 1. The SMILES string of the molecule is C[C@@]1(C2CC2)NC(=O)N(CC(=O)N(CCc2ccccc2)Cc2ccccc2)C1=O. The second kappa shape index (κ2) is 8.30. The van der Waals surface area contributed by atoms with Crippen molar-refractivity contribution in [2.75, 3.05) is 13.1 Å². The second-order valence-corrected chi connectivity index (χ2v) is 8.33. The third-order valence-electron chi connectivity index (χ3n) is 6.07. The van der Waals surface area contributed by atoms with E-state index in [9.17, 15) is 14.4 Å². The molecule has 1 saturated carbocycles. The van der Waals surface area contributed by atoms with Gasteiger partial charge in [-0.05, 0) is 43.2 Å². The van der Waals surface area contributed by atoms with E-state index in [1.54, 1.807) is 11.8 Å². The van der Waals surface area contributed by atoms with Gasteiger partial charge in [-0.25, -0.2) is 4.79 Å². The summed E-state index contributed by atoms with van der Waals surface area (Å²) in [6.45, 7) is 2.50. The van der Waals surface area contributed by atoms with Crippen molar-refractivity contribution in [3.63, 3.8) is 0 Å². The van der Waals surface area contributed by atoms with Gasteiger partial charge in [0.1, 0.15) is 12.1 Å².